The van der Waals surface area contributed by atoms with Gasteiger partial charge in [0.05, 0.1) is 17.6 Å². The predicted molar refractivity (Wildman–Crippen MR) is 141 cm³/mol. The van der Waals surface area contributed by atoms with Gasteiger partial charge < -0.3 is 19.3 Å². The van der Waals surface area contributed by atoms with Gasteiger partial charge in [0.15, 0.2) is 5.78 Å². The number of aromatic hydroxyl groups is 1. The SMILES string of the molecule is CC(C)(C)c1cc(C(=O)Cn2c(=N)n(CCCCCCO)c3ccccc32)cc(C(C)(C)C)c1O. The summed E-state index contributed by atoms with van der Waals surface area (Å²) in [7, 11) is 0. The number of unbranched alkanes of at least 4 members (excludes halogenated alkanes) is 3. The smallest absolute Gasteiger partial charge is 0.203 e. The van der Waals surface area contributed by atoms with Gasteiger partial charge in [-0.15, -0.1) is 0 Å². The summed E-state index contributed by atoms with van der Waals surface area (Å²) < 4.78 is 3.76. The molecular weight excluding hydrogens is 438 g/mol. The Morgan fingerprint density at radius 3 is 1.89 bits per heavy atom. The van der Waals surface area contributed by atoms with Crippen molar-refractivity contribution < 1.29 is 15.0 Å². The first kappa shape index (κ1) is 26.7. The number of nitrogens with one attached hydrogen (secondary N) is 1. The number of ketones is 1. The highest BCUT2D eigenvalue weighted by molar-refractivity contribution is 5.97. The summed E-state index contributed by atoms with van der Waals surface area (Å²) in [5, 5.41) is 28.9. The zero-order chi connectivity index (χ0) is 26.0. The van der Waals surface area contributed by atoms with Crippen LogP contribution in [0.2, 0.25) is 0 Å². The van der Waals surface area contributed by atoms with Crippen molar-refractivity contribution in [3.63, 3.8) is 0 Å². The van der Waals surface area contributed by atoms with E-state index in [4.69, 9.17) is 10.5 Å². The van der Waals surface area contributed by atoms with Crippen LogP contribution in [-0.2, 0) is 23.9 Å². The number of carbonyl (C=O) groups is 1. The second kappa shape index (κ2) is 10.4. The third kappa shape index (κ3) is 5.87. The van der Waals surface area contributed by atoms with Crippen molar-refractivity contribution in [2.45, 2.75) is 91.1 Å². The minimum absolute atomic E-state index is 0.0643. The fourth-order valence-corrected chi connectivity index (χ4v) is 4.59. The van der Waals surface area contributed by atoms with Crippen molar-refractivity contribution in [2.75, 3.05) is 6.61 Å². The number of hydrogen-bond acceptors (Lipinski definition) is 4. The Balaban J connectivity index is 2.00. The number of phenols is 1. The van der Waals surface area contributed by atoms with Gasteiger partial charge in [0, 0.05) is 29.8 Å². The molecule has 3 aromatic rings. The molecule has 0 atom stereocenters. The lowest BCUT2D eigenvalue weighted by molar-refractivity contribution is 0.0971. The highest BCUT2D eigenvalue weighted by atomic mass is 16.3. The Kier molecular flexibility index (Phi) is 7.95. The number of fused-ring (bicyclic) bond motifs is 1. The lowest BCUT2D eigenvalue weighted by Crippen LogP contribution is -2.28. The Bertz CT molecular complexity index is 1220. The van der Waals surface area contributed by atoms with Crippen molar-refractivity contribution >= 4 is 16.8 Å². The summed E-state index contributed by atoms with van der Waals surface area (Å²) in [5.41, 5.74) is 3.57. The van der Waals surface area contributed by atoms with Crippen molar-refractivity contribution in [3.05, 3.63) is 58.7 Å². The number of aliphatic hydroxyl groups is 1. The quantitative estimate of drug-likeness (QED) is 0.273. The number of aliphatic hydroxyl groups excluding tert-OH is 1. The number of phenolic OH excluding ortho intramolecular Hbond substituents is 1. The standard InChI is InChI=1S/C29H41N3O3/c1-28(2,3)21-17-20(18-22(26(21)35)29(4,5)6)25(34)19-32-24-14-10-9-13-23(24)31(27(32)30)15-11-7-8-12-16-33/h9-10,13-14,17-18,30,33,35H,7-8,11-12,15-16,19H2,1-6H3. The molecule has 0 aliphatic carbocycles. The normalized spacial score (nSPS) is 12.4. The predicted octanol–water partition coefficient (Wildman–Crippen LogP) is 5.66. The molecule has 0 saturated carbocycles. The number of Topliss-reactive ketones (excluding diaryl/α,β-unsaturated/α-hetero) is 1. The summed E-state index contributed by atoms with van der Waals surface area (Å²) in [6.45, 7) is 13.2. The molecule has 0 saturated heterocycles. The fourth-order valence-electron chi connectivity index (χ4n) is 4.59. The van der Waals surface area contributed by atoms with Gasteiger partial charge >= 0.3 is 0 Å². The molecule has 35 heavy (non-hydrogen) atoms. The molecule has 3 N–H and O–H groups in total. The van der Waals surface area contributed by atoms with Gasteiger partial charge in [-0.2, -0.15) is 0 Å². The lowest BCUT2D eigenvalue weighted by atomic mass is 9.78. The van der Waals surface area contributed by atoms with E-state index in [1.54, 1.807) is 4.57 Å². The van der Waals surface area contributed by atoms with Crippen molar-refractivity contribution in [3.8, 4) is 5.75 Å². The van der Waals surface area contributed by atoms with Gasteiger partial charge in [-0.1, -0.05) is 66.5 Å². The maximum absolute atomic E-state index is 13.6. The van der Waals surface area contributed by atoms with Crippen LogP contribution >= 0.6 is 0 Å². The summed E-state index contributed by atoms with van der Waals surface area (Å²) in [6, 6.07) is 11.5. The zero-order valence-electron chi connectivity index (χ0n) is 22.1. The topological polar surface area (TPSA) is 91.2 Å². The van der Waals surface area contributed by atoms with Gasteiger partial charge in [0.1, 0.15) is 5.75 Å². The van der Waals surface area contributed by atoms with Crippen molar-refractivity contribution in [1.82, 2.24) is 9.13 Å². The van der Waals surface area contributed by atoms with E-state index < -0.39 is 0 Å². The number of aryl methyl sites for hydroxylation is 1. The minimum atomic E-state index is -0.319. The molecular formula is C29H41N3O3. The average Bonchev–Trinajstić information content (AvgIpc) is 3.03. The van der Waals surface area contributed by atoms with Gasteiger partial charge in [-0.25, -0.2) is 0 Å². The summed E-state index contributed by atoms with van der Waals surface area (Å²) in [6.07, 6.45) is 3.67. The van der Waals surface area contributed by atoms with E-state index in [1.807, 2.05) is 82.5 Å². The van der Waals surface area contributed by atoms with Gasteiger partial charge in [0.25, 0.3) is 0 Å². The van der Waals surface area contributed by atoms with Crippen LogP contribution in [0.25, 0.3) is 11.0 Å². The molecule has 0 unspecified atom stereocenters. The number of hydrogen-bond donors (Lipinski definition) is 3. The van der Waals surface area contributed by atoms with Gasteiger partial charge in [-0.05, 0) is 47.9 Å². The molecule has 3 rings (SSSR count). The molecule has 1 aromatic heterocycles. The number of carbonyl (C=O) groups excluding carboxylic acids is 1. The first-order chi connectivity index (χ1) is 16.4. The molecule has 0 aliphatic heterocycles. The van der Waals surface area contributed by atoms with E-state index in [0.29, 0.717) is 17.7 Å². The van der Waals surface area contributed by atoms with Crippen LogP contribution in [0.5, 0.6) is 5.75 Å². The van der Waals surface area contributed by atoms with Crippen LogP contribution in [0.1, 0.15) is 88.7 Å². The molecule has 0 bridgehead atoms. The monoisotopic (exact) mass is 479 g/mol. The third-order valence-electron chi connectivity index (χ3n) is 6.61. The zero-order valence-corrected chi connectivity index (χ0v) is 22.1. The number of benzene rings is 2. The number of imidazole rings is 1. The molecule has 6 heteroatoms. The van der Waals surface area contributed by atoms with Crippen LogP contribution in [-0.4, -0.2) is 31.7 Å². The van der Waals surface area contributed by atoms with Gasteiger partial charge in [-0.3, -0.25) is 10.2 Å². The number of nitrogens with zero attached hydrogens (tertiary/aromatic N) is 2. The van der Waals surface area contributed by atoms with Crippen molar-refractivity contribution in [2.24, 2.45) is 0 Å². The largest absolute Gasteiger partial charge is 0.507 e. The molecule has 6 nitrogen and oxygen atoms in total. The third-order valence-corrected chi connectivity index (χ3v) is 6.61. The lowest BCUT2D eigenvalue weighted by Gasteiger charge is -2.28. The molecule has 0 aliphatic rings. The Labute approximate surface area is 208 Å². The number of para-hydroxylation sites is 2. The fraction of sp³-hybridized carbons (Fsp3) is 0.517. The van der Waals surface area contributed by atoms with Gasteiger partial charge in [0.2, 0.25) is 5.62 Å². The molecule has 0 radical (unpaired) electrons. The highest BCUT2D eigenvalue weighted by Gasteiger charge is 2.28. The summed E-state index contributed by atoms with van der Waals surface area (Å²) in [4.78, 5) is 13.6. The maximum Gasteiger partial charge on any atom is 0.203 e. The van der Waals surface area contributed by atoms with E-state index in [-0.39, 0.29) is 35.5 Å². The van der Waals surface area contributed by atoms with E-state index in [9.17, 15) is 9.90 Å². The molecule has 2 aromatic carbocycles. The summed E-state index contributed by atoms with van der Waals surface area (Å²) >= 11 is 0. The summed E-state index contributed by atoms with van der Waals surface area (Å²) in [5.74, 6) is 0.179. The first-order valence-electron chi connectivity index (χ1n) is 12.6. The molecule has 1 heterocycles. The molecule has 0 spiro atoms. The van der Waals surface area contributed by atoms with Crippen LogP contribution < -0.4 is 5.62 Å². The molecule has 0 amide bonds. The van der Waals surface area contributed by atoms with Crippen LogP contribution in [0.15, 0.2) is 36.4 Å². The van der Waals surface area contributed by atoms with E-state index >= 15 is 0 Å². The van der Waals surface area contributed by atoms with E-state index in [0.717, 1.165) is 47.8 Å². The van der Waals surface area contributed by atoms with Crippen molar-refractivity contribution in [1.29, 1.82) is 5.41 Å². The van der Waals surface area contributed by atoms with E-state index in [2.05, 4.69) is 0 Å². The number of rotatable bonds is 9. The Morgan fingerprint density at radius 1 is 0.857 bits per heavy atom. The molecule has 0 fully saturated rings. The van der Waals surface area contributed by atoms with Crippen LogP contribution in [0, 0.1) is 5.41 Å². The van der Waals surface area contributed by atoms with E-state index in [1.165, 1.54) is 0 Å². The van der Waals surface area contributed by atoms with Crippen LogP contribution in [0.3, 0.4) is 0 Å². The maximum atomic E-state index is 13.6. The Hall–Kier alpha value is -2.86. The second-order valence-corrected chi connectivity index (χ2v) is 11.5. The molecule has 190 valence electrons. The Morgan fingerprint density at radius 2 is 1.37 bits per heavy atom. The minimum Gasteiger partial charge on any atom is -0.507 e. The van der Waals surface area contributed by atoms with Crippen LogP contribution in [0.4, 0.5) is 0 Å². The highest BCUT2D eigenvalue weighted by Crippen LogP contribution is 2.40. The average molecular weight is 480 g/mol. The first-order valence-corrected chi connectivity index (χ1v) is 12.6. The number of aromatic nitrogens is 2. The second-order valence-electron chi connectivity index (χ2n) is 11.5.